The first-order valence-electron chi connectivity index (χ1n) is 6.91. The summed E-state index contributed by atoms with van der Waals surface area (Å²) in [5.41, 5.74) is 1.84. The van der Waals surface area contributed by atoms with Gasteiger partial charge in [-0.3, -0.25) is 4.79 Å². The Balaban J connectivity index is 2.02. The van der Waals surface area contributed by atoms with Crippen LogP contribution in [0.5, 0.6) is 0 Å². The summed E-state index contributed by atoms with van der Waals surface area (Å²) in [5.74, 6) is 0.0256. The quantitative estimate of drug-likeness (QED) is 0.809. The molecule has 1 amide bonds. The molecule has 0 radical (unpaired) electrons. The summed E-state index contributed by atoms with van der Waals surface area (Å²) < 4.78 is 0. The van der Waals surface area contributed by atoms with Gasteiger partial charge in [0.15, 0.2) is 0 Å². The summed E-state index contributed by atoms with van der Waals surface area (Å²) >= 11 is 0. The molecule has 20 heavy (non-hydrogen) atoms. The van der Waals surface area contributed by atoms with Gasteiger partial charge in [0.1, 0.15) is 0 Å². The van der Waals surface area contributed by atoms with Gasteiger partial charge in [0.05, 0.1) is 18.0 Å². The SMILES string of the molecule is CCCN(CCc1ccccc1)C(=O)c1ccnnc1. The third-order valence-corrected chi connectivity index (χ3v) is 3.13. The van der Waals surface area contributed by atoms with E-state index in [1.165, 1.54) is 11.8 Å². The Kier molecular flexibility index (Phi) is 5.24. The van der Waals surface area contributed by atoms with Gasteiger partial charge in [-0.1, -0.05) is 37.3 Å². The number of carbonyl (C=O) groups is 1. The highest BCUT2D eigenvalue weighted by molar-refractivity contribution is 5.93. The van der Waals surface area contributed by atoms with E-state index in [1.54, 1.807) is 12.3 Å². The molecule has 2 aromatic rings. The molecule has 4 nitrogen and oxygen atoms in total. The second kappa shape index (κ2) is 7.38. The zero-order chi connectivity index (χ0) is 14.2. The van der Waals surface area contributed by atoms with Crippen LogP contribution in [0.2, 0.25) is 0 Å². The van der Waals surface area contributed by atoms with Crippen LogP contribution in [0.4, 0.5) is 0 Å². The van der Waals surface area contributed by atoms with E-state index in [9.17, 15) is 4.79 Å². The molecule has 0 bridgehead atoms. The monoisotopic (exact) mass is 269 g/mol. The van der Waals surface area contributed by atoms with Crippen molar-refractivity contribution >= 4 is 5.91 Å². The van der Waals surface area contributed by atoms with Crippen LogP contribution in [0.25, 0.3) is 0 Å². The summed E-state index contributed by atoms with van der Waals surface area (Å²) in [6, 6.07) is 11.9. The first-order valence-corrected chi connectivity index (χ1v) is 6.91. The number of nitrogens with zero attached hydrogens (tertiary/aromatic N) is 3. The highest BCUT2D eigenvalue weighted by atomic mass is 16.2. The molecule has 0 fully saturated rings. The lowest BCUT2D eigenvalue weighted by molar-refractivity contribution is 0.0756. The molecule has 0 spiro atoms. The minimum absolute atomic E-state index is 0.0256. The smallest absolute Gasteiger partial charge is 0.255 e. The molecule has 0 atom stereocenters. The number of aromatic nitrogens is 2. The molecule has 4 heteroatoms. The van der Waals surface area contributed by atoms with Gasteiger partial charge in [0.25, 0.3) is 5.91 Å². The van der Waals surface area contributed by atoms with Crippen molar-refractivity contribution in [1.82, 2.24) is 15.1 Å². The minimum Gasteiger partial charge on any atom is -0.338 e. The van der Waals surface area contributed by atoms with Gasteiger partial charge < -0.3 is 4.90 Å². The van der Waals surface area contributed by atoms with Crippen molar-refractivity contribution in [2.24, 2.45) is 0 Å². The number of hydrogen-bond donors (Lipinski definition) is 0. The van der Waals surface area contributed by atoms with Crippen molar-refractivity contribution < 1.29 is 4.79 Å². The summed E-state index contributed by atoms with van der Waals surface area (Å²) in [5, 5.41) is 7.47. The molecule has 0 saturated heterocycles. The molecular formula is C16H19N3O. The molecule has 1 heterocycles. The van der Waals surface area contributed by atoms with Gasteiger partial charge in [0, 0.05) is 13.1 Å². The zero-order valence-corrected chi connectivity index (χ0v) is 11.7. The third-order valence-electron chi connectivity index (χ3n) is 3.13. The van der Waals surface area contributed by atoms with Crippen LogP contribution in [0, 0.1) is 0 Å². The highest BCUT2D eigenvalue weighted by Crippen LogP contribution is 2.07. The Morgan fingerprint density at radius 1 is 1.10 bits per heavy atom. The molecule has 1 aromatic heterocycles. The largest absolute Gasteiger partial charge is 0.338 e. The van der Waals surface area contributed by atoms with E-state index in [2.05, 4.69) is 29.3 Å². The fourth-order valence-electron chi connectivity index (χ4n) is 2.09. The number of amides is 1. The molecule has 1 aromatic carbocycles. The number of rotatable bonds is 6. The number of benzene rings is 1. The second-order valence-electron chi connectivity index (χ2n) is 4.66. The van der Waals surface area contributed by atoms with Crippen molar-refractivity contribution in [2.75, 3.05) is 13.1 Å². The van der Waals surface area contributed by atoms with Crippen molar-refractivity contribution in [2.45, 2.75) is 19.8 Å². The van der Waals surface area contributed by atoms with Gasteiger partial charge in [-0.05, 0) is 24.5 Å². The summed E-state index contributed by atoms with van der Waals surface area (Å²) in [6.45, 7) is 3.56. The van der Waals surface area contributed by atoms with Crippen LogP contribution in [0.3, 0.4) is 0 Å². The van der Waals surface area contributed by atoms with Gasteiger partial charge in [0.2, 0.25) is 0 Å². The third kappa shape index (κ3) is 3.88. The topological polar surface area (TPSA) is 46.1 Å². The number of carbonyl (C=O) groups excluding carboxylic acids is 1. The van der Waals surface area contributed by atoms with Gasteiger partial charge in [-0.25, -0.2) is 0 Å². The average molecular weight is 269 g/mol. The fraction of sp³-hybridized carbons (Fsp3) is 0.312. The first kappa shape index (κ1) is 14.2. The standard InChI is InChI=1S/C16H19N3O/c1-2-11-19(12-9-14-6-4-3-5-7-14)16(20)15-8-10-17-18-13-15/h3-8,10,13H,2,9,11-12H2,1H3. The lowest BCUT2D eigenvalue weighted by Crippen LogP contribution is -2.33. The predicted octanol–water partition coefficient (Wildman–Crippen LogP) is 2.57. The van der Waals surface area contributed by atoms with E-state index in [0.717, 1.165) is 25.9 Å². The van der Waals surface area contributed by atoms with Crippen LogP contribution in [-0.4, -0.2) is 34.1 Å². The second-order valence-corrected chi connectivity index (χ2v) is 4.66. The summed E-state index contributed by atoms with van der Waals surface area (Å²) in [4.78, 5) is 14.3. The molecule has 0 unspecified atom stereocenters. The van der Waals surface area contributed by atoms with E-state index < -0.39 is 0 Å². The molecule has 104 valence electrons. The van der Waals surface area contributed by atoms with E-state index >= 15 is 0 Å². The highest BCUT2D eigenvalue weighted by Gasteiger charge is 2.14. The lowest BCUT2D eigenvalue weighted by atomic mass is 10.1. The van der Waals surface area contributed by atoms with Crippen LogP contribution >= 0.6 is 0 Å². The maximum atomic E-state index is 12.4. The van der Waals surface area contributed by atoms with Gasteiger partial charge in [-0.2, -0.15) is 10.2 Å². The lowest BCUT2D eigenvalue weighted by Gasteiger charge is -2.22. The Hall–Kier alpha value is -2.23. The van der Waals surface area contributed by atoms with Crippen LogP contribution in [0.1, 0.15) is 29.3 Å². The zero-order valence-electron chi connectivity index (χ0n) is 11.7. The minimum atomic E-state index is 0.0256. The van der Waals surface area contributed by atoms with Crippen LogP contribution in [-0.2, 0) is 6.42 Å². The Bertz CT molecular complexity index is 528. The van der Waals surface area contributed by atoms with E-state index in [1.807, 2.05) is 23.1 Å². The van der Waals surface area contributed by atoms with Gasteiger partial charge in [-0.15, -0.1) is 0 Å². The van der Waals surface area contributed by atoms with E-state index in [-0.39, 0.29) is 5.91 Å². The maximum absolute atomic E-state index is 12.4. The fourth-order valence-corrected chi connectivity index (χ4v) is 2.09. The molecule has 0 N–H and O–H groups in total. The summed E-state index contributed by atoms with van der Waals surface area (Å²) in [6.07, 6.45) is 4.88. The first-order chi connectivity index (χ1) is 9.81. The van der Waals surface area contributed by atoms with Crippen molar-refractivity contribution in [3.63, 3.8) is 0 Å². The molecule has 2 rings (SSSR count). The van der Waals surface area contributed by atoms with Crippen molar-refractivity contribution in [1.29, 1.82) is 0 Å². The molecule has 0 aliphatic rings. The molecule has 0 aliphatic heterocycles. The summed E-state index contributed by atoms with van der Waals surface area (Å²) in [7, 11) is 0. The Morgan fingerprint density at radius 2 is 1.90 bits per heavy atom. The Labute approximate surface area is 119 Å². The molecular weight excluding hydrogens is 250 g/mol. The van der Waals surface area contributed by atoms with Crippen molar-refractivity contribution in [3.05, 3.63) is 59.9 Å². The predicted molar refractivity (Wildman–Crippen MR) is 78.4 cm³/mol. The normalized spacial score (nSPS) is 10.2. The van der Waals surface area contributed by atoms with Crippen molar-refractivity contribution in [3.8, 4) is 0 Å². The average Bonchev–Trinajstić information content (AvgIpc) is 2.52. The van der Waals surface area contributed by atoms with E-state index in [4.69, 9.17) is 0 Å². The maximum Gasteiger partial charge on any atom is 0.255 e. The van der Waals surface area contributed by atoms with E-state index in [0.29, 0.717) is 5.56 Å². The number of hydrogen-bond acceptors (Lipinski definition) is 3. The molecule has 0 saturated carbocycles. The van der Waals surface area contributed by atoms with Gasteiger partial charge >= 0.3 is 0 Å². The van der Waals surface area contributed by atoms with Crippen LogP contribution in [0.15, 0.2) is 48.8 Å². The Morgan fingerprint density at radius 3 is 2.55 bits per heavy atom. The van der Waals surface area contributed by atoms with Crippen LogP contribution < -0.4 is 0 Å². The molecule has 0 aliphatic carbocycles.